The lowest BCUT2D eigenvalue weighted by Gasteiger charge is -2.14. The zero-order chi connectivity index (χ0) is 22.9. The Labute approximate surface area is 200 Å². The highest BCUT2D eigenvalue weighted by Crippen LogP contribution is 2.32. The van der Waals surface area contributed by atoms with Gasteiger partial charge in [0.25, 0.3) is 11.8 Å². The third-order valence-electron chi connectivity index (χ3n) is 4.58. The molecule has 0 radical (unpaired) electrons. The van der Waals surface area contributed by atoms with Crippen LogP contribution in [0.5, 0.6) is 0 Å². The average molecular weight is 489 g/mol. The molecule has 1 aromatic heterocycles. The molecule has 1 fully saturated rings. The van der Waals surface area contributed by atoms with Crippen molar-refractivity contribution in [3.63, 3.8) is 0 Å². The Bertz CT molecular complexity index is 1030. The van der Waals surface area contributed by atoms with Crippen molar-refractivity contribution in [2.24, 2.45) is 0 Å². The minimum absolute atomic E-state index is 0.105. The van der Waals surface area contributed by atoms with Gasteiger partial charge in [0.2, 0.25) is 5.91 Å². The lowest BCUT2D eigenvalue weighted by Crippen LogP contribution is -2.41. The number of carbonyl (C=O) groups excluding carboxylic acids is 3. The van der Waals surface area contributed by atoms with E-state index < -0.39 is 5.91 Å². The van der Waals surface area contributed by atoms with Gasteiger partial charge < -0.3 is 0 Å². The van der Waals surface area contributed by atoms with Crippen molar-refractivity contribution in [3.8, 4) is 0 Å². The molecule has 0 unspecified atom stereocenters. The first-order valence-electron chi connectivity index (χ1n) is 9.94. The van der Waals surface area contributed by atoms with Crippen LogP contribution in [-0.2, 0) is 9.59 Å². The van der Waals surface area contributed by atoms with Gasteiger partial charge in [-0.2, -0.15) is 0 Å². The number of benzene rings is 1. The van der Waals surface area contributed by atoms with E-state index in [4.69, 9.17) is 23.8 Å². The number of halogens is 1. The van der Waals surface area contributed by atoms with Gasteiger partial charge in [0, 0.05) is 35.9 Å². The fraction of sp³-hybridized carbons (Fsp3) is 0.227. The molecule has 10 heteroatoms. The van der Waals surface area contributed by atoms with Crippen LogP contribution in [-0.4, -0.2) is 38.5 Å². The summed E-state index contributed by atoms with van der Waals surface area (Å²) in [6.07, 6.45) is 7.18. The van der Waals surface area contributed by atoms with Crippen LogP contribution >= 0.6 is 35.6 Å². The zero-order valence-electron chi connectivity index (χ0n) is 17.0. The maximum absolute atomic E-state index is 12.6. The standard InChI is InChI=1S/C22H21ClN4O3S2/c23-17-7-5-15(6-8-17)14-18-21(30)27(22(31)32-18)13-3-1-2-4-19(28)25-26-20(29)16-9-11-24-12-10-16/h5-12,14H,1-4,13H2,(H,25,28)(H,26,29)/b18-14-. The van der Waals surface area contributed by atoms with Crippen molar-refractivity contribution in [1.82, 2.24) is 20.7 Å². The van der Waals surface area contributed by atoms with Crippen LogP contribution in [0, 0.1) is 0 Å². The molecule has 0 spiro atoms. The number of thioether (sulfide) groups is 1. The molecule has 166 valence electrons. The minimum atomic E-state index is -0.401. The smallest absolute Gasteiger partial charge is 0.269 e. The second-order valence-electron chi connectivity index (χ2n) is 6.93. The Morgan fingerprint density at radius 3 is 2.50 bits per heavy atom. The van der Waals surface area contributed by atoms with Gasteiger partial charge in [-0.25, -0.2) is 0 Å². The van der Waals surface area contributed by atoms with Crippen molar-refractivity contribution in [2.75, 3.05) is 6.54 Å². The lowest BCUT2D eigenvalue weighted by molar-refractivity contribution is -0.123. The molecule has 3 amide bonds. The quantitative estimate of drug-likeness (QED) is 0.253. The van der Waals surface area contributed by atoms with E-state index in [0.717, 1.165) is 18.4 Å². The predicted molar refractivity (Wildman–Crippen MR) is 130 cm³/mol. The largest absolute Gasteiger partial charge is 0.293 e. The number of pyridine rings is 1. The summed E-state index contributed by atoms with van der Waals surface area (Å²) >= 11 is 12.5. The first-order chi connectivity index (χ1) is 15.4. The van der Waals surface area contributed by atoms with Gasteiger partial charge in [0.1, 0.15) is 4.32 Å². The fourth-order valence-electron chi connectivity index (χ4n) is 2.90. The number of hydrazine groups is 1. The van der Waals surface area contributed by atoms with Crippen LogP contribution in [0.1, 0.15) is 41.6 Å². The Morgan fingerprint density at radius 1 is 1.06 bits per heavy atom. The fourth-order valence-corrected chi connectivity index (χ4v) is 4.33. The molecule has 0 saturated carbocycles. The van der Waals surface area contributed by atoms with E-state index in [9.17, 15) is 14.4 Å². The maximum atomic E-state index is 12.6. The summed E-state index contributed by atoms with van der Waals surface area (Å²) in [5, 5.41) is 0.638. The molecular weight excluding hydrogens is 468 g/mol. The number of amides is 3. The van der Waals surface area contributed by atoms with Gasteiger partial charge in [0.05, 0.1) is 4.91 Å². The number of thiocarbonyl (C=S) groups is 1. The number of aromatic nitrogens is 1. The number of unbranched alkanes of at least 4 members (excludes halogenated alkanes) is 2. The first-order valence-corrected chi connectivity index (χ1v) is 11.5. The molecule has 0 aliphatic carbocycles. The highest BCUT2D eigenvalue weighted by Gasteiger charge is 2.31. The lowest BCUT2D eigenvalue weighted by atomic mass is 10.2. The molecule has 32 heavy (non-hydrogen) atoms. The van der Waals surface area contributed by atoms with Gasteiger partial charge >= 0.3 is 0 Å². The summed E-state index contributed by atoms with van der Waals surface area (Å²) in [6.45, 7) is 0.503. The van der Waals surface area contributed by atoms with E-state index in [1.807, 2.05) is 12.1 Å². The highest BCUT2D eigenvalue weighted by atomic mass is 35.5. The van der Waals surface area contributed by atoms with Gasteiger partial charge in [0.15, 0.2) is 0 Å². The summed E-state index contributed by atoms with van der Waals surface area (Å²) in [4.78, 5) is 42.4. The predicted octanol–water partition coefficient (Wildman–Crippen LogP) is 3.96. The number of nitrogens with one attached hydrogen (secondary N) is 2. The van der Waals surface area contributed by atoms with E-state index in [1.165, 1.54) is 24.2 Å². The summed E-state index contributed by atoms with van der Waals surface area (Å²) in [7, 11) is 0. The van der Waals surface area contributed by atoms with Crippen LogP contribution in [0.4, 0.5) is 0 Å². The van der Waals surface area contributed by atoms with E-state index in [2.05, 4.69) is 15.8 Å². The normalized spacial score (nSPS) is 14.7. The third-order valence-corrected chi connectivity index (χ3v) is 6.21. The molecule has 1 aliphatic heterocycles. The monoisotopic (exact) mass is 488 g/mol. The number of hydrogen-bond acceptors (Lipinski definition) is 6. The SMILES string of the molecule is O=C(CCCCCN1C(=O)/C(=C/c2ccc(Cl)cc2)SC1=S)NNC(=O)c1ccncc1. The molecule has 0 atom stereocenters. The molecule has 3 rings (SSSR count). The number of hydrogen-bond donors (Lipinski definition) is 2. The molecule has 2 N–H and O–H groups in total. The summed E-state index contributed by atoms with van der Waals surface area (Å²) in [6, 6.07) is 10.3. The molecule has 2 aromatic rings. The van der Waals surface area contributed by atoms with Gasteiger partial charge in [-0.15, -0.1) is 0 Å². The van der Waals surface area contributed by atoms with Crippen molar-refractivity contribution < 1.29 is 14.4 Å². The molecule has 1 saturated heterocycles. The van der Waals surface area contributed by atoms with Crippen LogP contribution in [0.25, 0.3) is 6.08 Å². The second kappa shape index (κ2) is 11.8. The van der Waals surface area contributed by atoms with Gasteiger partial charge in [-0.3, -0.25) is 35.1 Å². The van der Waals surface area contributed by atoms with E-state index in [-0.39, 0.29) is 18.2 Å². The molecule has 1 aliphatic rings. The third kappa shape index (κ3) is 6.88. The van der Waals surface area contributed by atoms with E-state index >= 15 is 0 Å². The number of rotatable bonds is 8. The van der Waals surface area contributed by atoms with Crippen LogP contribution in [0.2, 0.25) is 5.02 Å². The van der Waals surface area contributed by atoms with Crippen molar-refractivity contribution >= 4 is 63.7 Å². The Kier molecular flexibility index (Phi) is 8.78. The molecule has 1 aromatic carbocycles. The van der Waals surface area contributed by atoms with Gasteiger partial charge in [-0.05, 0) is 48.7 Å². The molecule has 2 heterocycles. The molecule has 7 nitrogen and oxygen atoms in total. The summed E-state index contributed by atoms with van der Waals surface area (Å²) < 4.78 is 0.534. The number of carbonyl (C=O) groups is 3. The van der Waals surface area contributed by atoms with E-state index in [0.29, 0.717) is 32.8 Å². The van der Waals surface area contributed by atoms with Crippen molar-refractivity contribution in [3.05, 3.63) is 69.8 Å². The Hall–Kier alpha value is -2.75. The van der Waals surface area contributed by atoms with Crippen LogP contribution < -0.4 is 10.9 Å². The highest BCUT2D eigenvalue weighted by molar-refractivity contribution is 8.26. The van der Waals surface area contributed by atoms with Crippen LogP contribution in [0.15, 0.2) is 53.7 Å². The van der Waals surface area contributed by atoms with Gasteiger partial charge in [-0.1, -0.05) is 54.1 Å². The second-order valence-corrected chi connectivity index (χ2v) is 9.05. The maximum Gasteiger partial charge on any atom is 0.269 e. The molecular formula is C22H21ClN4O3S2. The van der Waals surface area contributed by atoms with Crippen molar-refractivity contribution in [1.29, 1.82) is 0 Å². The summed E-state index contributed by atoms with van der Waals surface area (Å²) in [5.41, 5.74) is 6.06. The summed E-state index contributed by atoms with van der Waals surface area (Å²) in [5.74, 6) is -0.780. The van der Waals surface area contributed by atoms with Crippen molar-refractivity contribution in [2.45, 2.75) is 25.7 Å². The molecule has 0 bridgehead atoms. The first kappa shape index (κ1) is 23.9. The topological polar surface area (TPSA) is 91.4 Å². The minimum Gasteiger partial charge on any atom is -0.293 e. The average Bonchev–Trinajstić information content (AvgIpc) is 3.06. The van der Waals surface area contributed by atoms with E-state index in [1.54, 1.807) is 35.2 Å². The zero-order valence-corrected chi connectivity index (χ0v) is 19.4. The number of nitrogens with zero attached hydrogens (tertiary/aromatic N) is 2. The Morgan fingerprint density at radius 2 is 1.78 bits per heavy atom. The Balaban J connectivity index is 1.36. The van der Waals surface area contributed by atoms with Crippen LogP contribution in [0.3, 0.4) is 0 Å².